The van der Waals surface area contributed by atoms with E-state index >= 15 is 0 Å². The number of aryl methyl sites for hydroxylation is 1. The van der Waals surface area contributed by atoms with Crippen LogP contribution < -0.4 is 15.9 Å². The molecule has 4 heterocycles. The molecule has 1 atom stereocenters. The number of ether oxygens (including phenoxy) is 1. The molecule has 0 aliphatic heterocycles. The first kappa shape index (κ1) is 24.0. The Labute approximate surface area is 215 Å². The van der Waals surface area contributed by atoms with Crippen LogP contribution in [0.3, 0.4) is 0 Å². The van der Waals surface area contributed by atoms with Gasteiger partial charge in [0, 0.05) is 29.1 Å². The van der Waals surface area contributed by atoms with Gasteiger partial charge in [-0.1, -0.05) is 11.6 Å². The van der Waals surface area contributed by atoms with Crippen LogP contribution in [0.1, 0.15) is 45.9 Å². The van der Waals surface area contributed by atoms with Gasteiger partial charge in [0.15, 0.2) is 22.6 Å². The van der Waals surface area contributed by atoms with E-state index in [1.54, 1.807) is 48.8 Å². The molecular formula is C27H20ClN5O4. The summed E-state index contributed by atoms with van der Waals surface area (Å²) in [7, 11) is 0. The number of halogens is 1. The van der Waals surface area contributed by atoms with Gasteiger partial charge in [-0.2, -0.15) is 5.26 Å². The second-order valence-electron chi connectivity index (χ2n) is 8.64. The number of primary amides is 1. The first-order valence-electron chi connectivity index (χ1n) is 11.3. The lowest BCUT2D eigenvalue weighted by atomic mass is 10.00. The number of rotatable bonds is 5. The fraction of sp³-hybridized carbons (Fsp3) is 0.148. The molecule has 9 nitrogen and oxygen atoms in total. The van der Waals surface area contributed by atoms with Crippen LogP contribution in [0.25, 0.3) is 27.9 Å². The highest BCUT2D eigenvalue weighted by Gasteiger charge is 2.22. The van der Waals surface area contributed by atoms with Crippen molar-refractivity contribution in [1.29, 1.82) is 5.26 Å². The Morgan fingerprint density at radius 1 is 1.19 bits per heavy atom. The van der Waals surface area contributed by atoms with Gasteiger partial charge in [0.2, 0.25) is 0 Å². The maximum absolute atomic E-state index is 13.5. The number of amides is 1. The number of benzene rings is 1. The van der Waals surface area contributed by atoms with Crippen molar-refractivity contribution >= 4 is 34.1 Å². The zero-order chi connectivity index (χ0) is 26.4. The number of imidazole rings is 1. The van der Waals surface area contributed by atoms with Gasteiger partial charge in [-0.25, -0.2) is 9.97 Å². The number of nitrogens with two attached hydrogens (primary N) is 1. The maximum atomic E-state index is 13.5. The van der Waals surface area contributed by atoms with Crippen LogP contribution in [0.2, 0.25) is 5.15 Å². The molecule has 4 aromatic heterocycles. The third-order valence-corrected chi connectivity index (χ3v) is 6.23. The van der Waals surface area contributed by atoms with Crippen molar-refractivity contribution in [3.05, 3.63) is 92.2 Å². The van der Waals surface area contributed by atoms with Gasteiger partial charge in [-0.15, -0.1) is 0 Å². The van der Waals surface area contributed by atoms with Gasteiger partial charge < -0.3 is 19.3 Å². The lowest BCUT2D eigenvalue weighted by molar-refractivity contribution is 0.0988. The molecule has 0 aliphatic carbocycles. The van der Waals surface area contributed by atoms with Crippen LogP contribution in [0.15, 0.2) is 58.0 Å². The second kappa shape index (κ2) is 9.08. The Morgan fingerprint density at radius 3 is 2.70 bits per heavy atom. The average Bonchev–Trinajstić information content (AvgIpc) is 3.29. The van der Waals surface area contributed by atoms with E-state index in [1.807, 2.05) is 19.1 Å². The fourth-order valence-corrected chi connectivity index (χ4v) is 4.42. The van der Waals surface area contributed by atoms with Crippen LogP contribution in [0.5, 0.6) is 5.75 Å². The molecule has 1 aromatic carbocycles. The van der Waals surface area contributed by atoms with E-state index in [4.69, 9.17) is 31.8 Å². The van der Waals surface area contributed by atoms with Crippen molar-refractivity contribution in [3.8, 4) is 23.1 Å². The first-order valence-corrected chi connectivity index (χ1v) is 11.6. The minimum atomic E-state index is -0.780. The quantitative estimate of drug-likeness (QED) is 0.330. The minimum absolute atomic E-state index is 0.0975. The smallest absolute Gasteiger partial charge is 0.271 e. The Balaban J connectivity index is 1.67. The summed E-state index contributed by atoms with van der Waals surface area (Å²) in [6, 6.07) is 12.2. The first-order chi connectivity index (χ1) is 17.7. The predicted octanol–water partition coefficient (Wildman–Crippen LogP) is 4.88. The molecular weight excluding hydrogens is 494 g/mol. The molecule has 0 aliphatic rings. The third kappa shape index (κ3) is 4.28. The molecule has 0 spiro atoms. The van der Waals surface area contributed by atoms with Crippen molar-refractivity contribution in [1.82, 2.24) is 14.4 Å². The molecule has 0 unspecified atom stereocenters. The van der Waals surface area contributed by atoms with E-state index in [9.17, 15) is 9.59 Å². The van der Waals surface area contributed by atoms with Gasteiger partial charge in [-0.05, 0) is 62.7 Å². The number of fused-ring (bicyclic) bond motifs is 2. The molecule has 10 heteroatoms. The maximum Gasteiger partial charge on any atom is 0.271 e. The third-order valence-electron chi connectivity index (χ3n) is 6.02. The minimum Gasteiger partial charge on any atom is -0.483 e. The molecule has 0 radical (unpaired) electrons. The Morgan fingerprint density at radius 2 is 1.97 bits per heavy atom. The summed E-state index contributed by atoms with van der Waals surface area (Å²) in [6.45, 7) is 5.35. The Hall–Kier alpha value is -4.68. The number of pyridine rings is 2. The largest absolute Gasteiger partial charge is 0.483 e. The van der Waals surface area contributed by atoms with Crippen LogP contribution in [0, 0.1) is 25.2 Å². The molecule has 5 aromatic rings. The van der Waals surface area contributed by atoms with E-state index in [0.717, 1.165) is 5.56 Å². The normalized spacial score (nSPS) is 12.0. The van der Waals surface area contributed by atoms with E-state index in [1.165, 1.54) is 12.1 Å². The molecule has 0 bridgehead atoms. The van der Waals surface area contributed by atoms with Gasteiger partial charge in [-0.3, -0.25) is 9.59 Å². The monoisotopic (exact) mass is 513 g/mol. The topological polar surface area (TPSA) is 137 Å². The summed E-state index contributed by atoms with van der Waals surface area (Å²) in [4.78, 5) is 33.5. The number of carbonyl (C=O) groups excluding carboxylic acids is 1. The lowest BCUT2D eigenvalue weighted by Gasteiger charge is -2.19. The zero-order valence-electron chi connectivity index (χ0n) is 20.1. The van der Waals surface area contributed by atoms with Gasteiger partial charge in [0.05, 0.1) is 5.39 Å². The van der Waals surface area contributed by atoms with E-state index in [-0.39, 0.29) is 27.7 Å². The Bertz CT molecular complexity index is 1830. The standard InChI is InChI=1S/C27H20ClN5O4/c1-13-8-18(15(3)36-20-5-6-21(28)32-23(20)27(30)35)26-19(9-13)24(34)14(2)25(37-26)16-4-7-22-31-17(10-29)12-33(22)11-16/h4-9,11-12,15H,1-3H3,(H2,30,35)/t15-/m1/s1. The summed E-state index contributed by atoms with van der Waals surface area (Å²) in [6.07, 6.45) is 2.72. The highest BCUT2D eigenvalue weighted by Crippen LogP contribution is 2.33. The fourth-order valence-electron chi connectivity index (χ4n) is 4.27. The molecule has 0 fully saturated rings. The molecule has 5 rings (SSSR count). The predicted molar refractivity (Wildman–Crippen MR) is 138 cm³/mol. The van der Waals surface area contributed by atoms with Crippen molar-refractivity contribution < 1.29 is 13.9 Å². The summed E-state index contributed by atoms with van der Waals surface area (Å²) in [5.41, 5.74) is 8.95. The lowest BCUT2D eigenvalue weighted by Crippen LogP contribution is -2.17. The van der Waals surface area contributed by atoms with E-state index < -0.39 is 12.0 Å². The van der Waals surface area contributed by atoms with Gasteiger partial charge in [0.25, 0.3) is 5.91 Å². The summed E-state index contributed by atoms with van der Waals surface area (Å²) >= 11 is 5.92. The van der Waals surface area contributed by atoms with Gasteiger partial charge >= 0.3 is 0 Å². The van der Waals surface area contributed by atoms with Crippen LogP contribution >= 0.6 is 11.6 Å². The number of hydrogen-bond donors (Lipinski definition) is 1. The average molecular weight is 514 g/mol. The highest BCUT2D eigenvalue weighted by atomic mass is 35.5. The number of aromatic nitrogens is 3. The Kier molecular flexibility index (Phi) is 5.90. The van der Waals surface area contributed by atoms with Crippen LogP contribution in [0.4, 0.5) is 0 Å². The van der Waals surface area contributed by atoms with Crippen molar-refractivity contribution in [2.45, 2.75) is 26.9 Å². The number of hydrogen-bond acceptors (Lipinski definition) is 7. The molecule has 0 saturated heterocycles. The number of nitrogens with zero attached hydrogens (tertiary/aromatic N) is 4. The van der Waals surface area contributed by atoms with Crippen molar-refractivity contribution in [2.24, 2.45) is 5.73 Å². The summed E-state index contributed by atoms with van der Waals surface area (Å²) < 4.78 is 14.2. The highest BCUT2D eigenvalue weighted by molar-refractivity contribution is 6.29. The molecule has 184 valence electrons. The van der Waals surface area contributed by atoms with E-state index in [0.29, 0.717) is 39.1 Å². The van der Waals surface area contributed by atoms with Crippen molar-refractivity contribution in [3.63, 3.8) is 0 Å². The number of nitriles is 1. The molecule has 37 heavy (non-hydrogen) atoms. The van der Waals surface area contributed by atoms with Crippen LogP contribution in [-0.2, 0) is 0 Å². The van der Waals surface area contributed by atoms with Gasteiger partial charge in [0.1, 0.15) is 34.3 Å². The molecule has 2 N–H and O–H groups in total. The van der Waals surface area contributed by atoms with Crippen LogP contribution in [-0.4, -0.2) is 20.3 Å². The molecule has 1 amide bonds. The second-order valence-corrected chi connectivity index (χ2v) is 9.03. The summed E-state index contributed by atoms with van der Waals surface area (Å²) in [5, 5.41) is 9.68. The summed E-state index contributed by atoms with van der Waals surface area (Å²) in [5.74, 6) is -0.236. The molecule has 0 saturated carbocycles. The van der Waals surface area contributed by atoms with E-state index in [2.05, 4.69) is 9.97 Å². The van der Waals surface area contributed by atoms with Crippen molar-refractivity contribution in [2.75, 3.05) is 0 Å². The number of carbonyl (C=O) groups is 1. The zero-order valence-corrected chi connectivity index (χ0v) is 20.8. The SMILES string of the molecule is Cc1cc([C@@H](C)Oc2ccc(Cl)nc2C(N)=O)c2oc(-c3ccc4nc(C#N)cn4c3)c(C)c(=O)c2c1.